The van der Waals surface area contributed by atoms with E-state index in [0.717, 1.165) is 44.6 Å². The van der Waals surface area contributed by atoms with E-state index >= 15 is 0 Å². The largest absolute Gasteiger partial charge is 0.336 e. The summed E-state index contributed by atoms with van der Waals surface area (Å²) in [6.45, 7) is 2.56. The van der Waals surface area contributed by atoms with Gasteiger partial charge in [-0.3, -0.25) is 14.5 Å². The van der Waals surface area contributed by atoms with Crippen LogP contribution in [0.25, 0.3) is 0 Å². The predicted molar refractivity (Wildman–Crippen MR) is 92.7 cm³/mol. The Hall–Kier alpha value is -2.21. The maximum absolute atomic E-state index is 12.7. The van der Waals surface area contributed by atoms with E-state index in [0.29, 0.717) is 11.7 Å². The van der Waals surface area contributed by atoms with E-state index in [-0.39, 0.29) is 5.91 Å². The van der Waals surface area contributed by atoms with Crippen molar-refractivity contribution in [1.82, 2.24) is 24.6 Å². The molecule has 6 nitrogen and oxygen atoms in total. The van der Waals surface area contributed by atoms with Crippen LogP contribution in [-0.2, 0) is 13.5 Å². The van der Waals surface area contributed by atoms with Crippen LogP contribution in [0.15, 0.2) is 36.7 Å². The number of aromatic nitrogens is 3. The molecule has 1 atom stereocenters. The quantitative estimate of drug-likeness (QED) is 0.837. The third kappa shape index (κ3) is 3.82. The van der Waals surface area contributed by atoms with Crippen LogP contribution < -0.4 is 0 Å². The highest BCUT2D eigenvalue weighted by Gasteiger charge is 2.27. The number of amides is 1. The third-order valence-corrected chi connectivity index (χ3v) is 4.79. The number of rotatable bonds is 5. The first-order valence-corrected chi connectivity index (χ1v) is 8.52. The first-order valence-electron chi connectivity index (χ1n) is 8.52. The van der Waals surface area contributed by atoms with Crippen LogP contribution in [0.2, 0.25) is 0 Å². The molecule has 24 heavy (non-hydrogen) atoms. The lowest BCUT2D eigenvalue weighted by Gasteiger charge is -2.37. The molecule has 0 aromatic carbocycles. The molecule has 2 aromatic rings. The molecule has 6 heteroatoms. The molecule has 1 fully saturated rings. The van der Waals surface area contributed by atoms with Crippen molar-refractivity contribution >= 4 is 5.91 Å². The summed E-state index contributed by atoms with van der Waals surface area (Å²) in [7, 11) is 3.96. The number of carbonyl (C=O) groups is 1. The van der Waals surface area contributed by atoms with E-state index in [2.05, 4.69) is 28.1 Å². The summed E-state index contributed by atoms with van der Waals surface area (Å²) < 4.78 is 1.65. The zero-order chi connectivity index (χ0) is 16.9. The smallest absolute Gasteiger partial charge is 0.272 e. The summed E-state index contributed by atoms with van der Waals surface area (Å²) in [4.78, 5) is 21.4. The summed E-state index contributed by atoms with van der Waals surface area (Å²) in [5, 5.41) is 4.10. The lowest BCUT2D eigenvalue weighted by molar-refractivity contribution is 0.0601. The third-order valence-electron chi connectivity index (χ3n) is 4.79. The summed E-state index contributed by atoms with van der Waals surface area (Å²) in [5.74, 6) is 0.0813. The van der Waals surface area contributed by atoms with Crippen molar-refractivity contribution < 1.29 is 4.79 Å². The van der Waals surface area contributed by atoms with Gasteiger partial charge in [0.05, 0.1) is 0 Å². The minimum Gasteiger partial charge on any atom is -0.336 e. The Labute approximate surface area is 143 Å². The number of nitrogens with zero attached hydrogens (tertiary/aromatic N) is 5. The van der Waals surface area contributed by atoms with Crippen LogP contribution in [0.4, 0.5) is 0 Å². The molecule has 1 aliphatic heterocycles. The highest BCUT2D eigenvalue weighted by atomic mass is 16.2. The van der Waals surface area contributed by atoms with Gasteiger partial charge in [0.2, 0.25) is 0 Å². The predicted octanol–water partition coefficient (Wildman–Crippen LogP) is 1.59. The summed E-state index contributed by atoms with van der Waals surface area (Å²) in [5.41, 5.74) is 1.77. The second-order valence-electron chi connectivity index (χ2n) is 6.44. The van der Waals surface area contributed by atoms with Crippen molar-refractivity contribution in [1.29, 1.82) is 0 Å². The van der Waals surface area contributed by atoms with E-state index < -0.39 is 0 Å². The second-order valence-corrected chi connectivity index (χ2v) is 6.44. The number of carbonyl (C=O) groups excluding carboxylic acids is 1. The van der Waals surface area contributed by atoms with Crippen LogP contribution in [0.3, 0.4) is 0 Å². The average molecular weight is 327 g/mol. The van der Waals surface area contributed by atoms with Gasteiger partial charge in [0.25, 0.3) is 5.91 Å². The standard InChI is InChI=1S/C18H25N5O/c1-21(13-9-15-6-3-4-10-19-15)16-7-5-12-23(14-16)18(24)17-8-11-20-22(17)2/h3-4,6,8,10-11,16H,5,7,9,12-14H2,1-2H3. The lowest BCUT2D eigenvalue weighted by Crippen LogP contribution is -2.49. The minimum absolute atomic E-state index is 0.0813. The Kier molecular flexibility index (Phi) is 5.25. The first-order chi connectivity index (χ1) is 11.6. The molecule has 3 rings (SSSR count). The molecule has 0 radical (unpaired) electrons. The molecule has 1 saturated heterocycles. The van der Waals surface area contributed by atoms with Crippen LogP contribution in [0.1, 0.15) is 29.0 Å². The molecule has 0 saturated carbocycles. The fraction of sp³-hybridized carbons (Fsp3) is 0.500. The zero-order valence-corrected chi connectivity index (χ0v) is 14.4. The number of pyridine rings is 1. The van der Waals surface area contributed by atoms with Gasteiger partial charge in [0.15, 0.2) is 0 Å². The Morgan fingerprint density at radius 3 is 2.92 bits per heavy atom. The van der Waals surface area contributed by atoms with Crippen molar-refractivity contribution in [2.45, 2.75) is 25.3 Å². The van der Waals surface area contributed by atoms with Gasteiger partial charge in [-0.25, -0.2) is 0 Å². The first kappa shape index (κ1) is 16.6. The molecule has 1 amide bonds. The highest BCUT2D eigenvalue weighted by molar-refractivity contribution is 5.92. The van der Waals surface area contributed by atoms with Gasteiger partial charge in [-0.05, 0) is 38.1 Å². The van der Waals surface area contributed by atoms with Crippen molar-refractivity contribution in [2.24, 2.45) is 7.05 Å². The highest BCUT2D eigenvalue weighted by Crippen LogP contribution is 2.17. The van der Waals surface area contributed by atoms with Gasteiger partial charge in [-0.15, -0.1) is 0 Å². The fourth-order valence-corrected chi connectivity index (χ4v) is 3.26. The summed E-state index contributed by atoms with van der Waals surface area (Å²) in [6, 6.07) is 8.22. The molecule has 2 aromatic heterocycles. The molecule has 0 N–H and O–H groups in total. The Morgan fingerprint density at radius 1 is 1.33 bits per heavy atom. The summed E-state index contributed by atoms with van der Waals surface area (Å²) >= 11 is 0. The molecule has 0 spiro atoms. The van der Waals surface area contributed by atoms with Gasteiger partial charge in [0, 0.05) is 57.2 Å². The molecule has 3 heterocycles. The molecule has 0 aliphatic carbocycles. The fourth-order valence-electron chi connectivity index (χ4n) is 3.26. The monoisotopic (exact) mass is 327 g/mol. The zero-order valence-electron chi connectivity index (χ0n) is 14.4. The molecule has 128 valence electrons. The van der Waals surface area contributed by atoms with Gasteiger partial charge in [-0.2, -0.15) is 5.10 Å². The number of hydrogen-bond donors (Lipinski definition) is 0. The second kappa shape index (κ2) is 7.57. The van der Waals surface area contributed by atoms with Crippen molar-refractivity contribution in [3.63, 3.8) is 0 Å². The van der Waals surface area contributed by atoms with E-state index in [1.54, 1.807) is 16.9 Å². The molecular formula is C18H25N5O. The topological polar surface area (TPSA) is 54.3 Å². The maximum Gasteiger partial charge on any atom is 0.272 e. The number of piperidine rings is 1. The molecule has 1 aliphatic rings. The van der Waals surface area contributed by atoms with Crippen molar-refractivity contribution in [3.05, 3.63) is 48.0 Å². The summed E-state index contributed by atoms with van der Waals surface area (Å²) in [6.07, 6.45) is 6.62. The molecular weight excluding hydrogens is 302 g/mol. The Morgan fingerprint density at radius 2 is 2.21 bits per heavy atom. The van der Waals surface area contributed by atoms with Crippen LogP contribution in [0.5, 0.6) is 0 Å². The van der Waals surface area contributed by atoms with Gasteiger partial charge in [0.1, 0.15) is 5.69 Å². The van der Waals surface area contributed by atoms with E-state index in [9.17, 15) is 4.79 Å². The van der Waals surface area contributed by atoms with Crippen molar-refractivity contribution in [3.8, 4) is 0 Å². The SMILES string of the molecule is CN(CCc1ccccn1)C1CCCN(C(=O)c2ccnn2C)C1. The number of hydrogen-bond acceptors (Lipinski definition) is 4. The van der Waals surface area contributed by atoms with E-state index in [4.69, 9.17) is 0 Å². The molecule has 0 bridgehead atoms. The normalized spacial score (nSPS) is 18.1. The molecule has 1 unspecified atom stereocenters. The Bertz CT molecular complexity index is 669. The maximum atomic E-state index is 12.7. The van der Waals surface area contributed by atoms with Crippen LogP contribution in [0, 0.1) is 0 Å². The number of aryl methyl sites for hydroxylation is 1. The van der Waals surface area contributed by atoms with Crippen molar-refractivity contribution in [2.75, 3.05) is 26.7 Å². The number of likely N-dealkylation sites (N-methyl/N-ethyl adjacent to an activating group) is 1. The van der Waals surface area contributed by atoms with Gasteiger partial charge < -0.3 is 9.80 Å². The van der Waals surface area contributed by atoms with E-state index in [1.165, 1.54) is 0 Å². The number of likely N-dealkylation sites (tertiary alicyclic amines) is 1. The van der Waals surface area contributed by atoms with E-state index in [1.807, 2.05) is 30.3 Å². The Balaban J connectivity index is 1.56. The van der Waals surface area contributed by atoms with Crippen LogP contribution >= 0.6 is 0 Å². The minimum atomic E-state index is 0.0813. The van der Waals surface area contributed by atoms with Gasteiger partial charge in [-0.1, -0.05) is 6.07 Å². The lowest BCUT2D eigenvalue weighted by atomic mass is 10.0. The van der Waals surface area contributed by atoms with Crippen LogP contribution in [-0.4, -0.2) is 63.2 Å². The van der Waals surface area contributed by atoms with Gasteiger partial charge >= 0.3 is 0 Å². The average Bonchev–Trinajstić information content (AvgIpc) is 3.06.